The van der Waals surface area contributed by atoms with Crippen LogP contribution in [-0.4, -0.2) is 76.8 Å². The van der Waals surface area contributed by atoms with Crippen LogP contribution in [0, 0.1) is 0 Å². The Bertz CT molecular complexity index is 712. The summed E-state index contributed by atoms with van der Waals surface area (Å²) in [6.07, 6.45) is 1.51. The Hall–Kier alpha value is -2.61. The normalized spacial score (nSPS) is 18.4. The summed E-state index contributed by atoms with van der Waals surface area (Å²) in [5, 5.41) is 6.75. The van der Waals surface area contributed by atoms with E-state index in [0.29, 0.717) is 26.2 Å². The van der Waals surface area contributed by atoms with E-state index in [1.165, 1.54) is 6.33 Å². The molecule has 2 aliphatic heterocycles. The molecule has 0 radical (unpaired) electrons. The van der Waals surface area contributed by atoms with Crippen LogP contribution in [0.2, 0.25) is 0 Å². The van der Waals surface area contributed by atoms with Crippen molar-refractivity contribution in [2.45, 2.75) is 6.54 Å². The number of rotatable bonds is 3. The fraction of sp³-hybridized carbons (Fsp3) is 0.471. The van der Waals surface area contributed by atoms with E-state index in [2.05, 4.69) is 31.0 Å². The van der Waals surface area contributed by atoms with Crippen molar-refractivity contribution in [1.82, 2.24) is 25.0 Å². The van der Waals surface area contributed by atoms with Crippen LogP contribution in [0.5, 0.6) is 5.75 Å². The van der Waals surface area contributed by atoms with Crippen LogP contribution in [0.3, 0.4) is 0 Å². The molecule has 0 aliphatic carbocycles. The van der Waals surface area contributed by atoms with Gasteiger partial charge in [-0.3, -0.25) is 9.69 Å². The number of hydrogen-bond donors (Lipinski definition) is 1. The summed E-state index contributed by atoms with van der Waals surface area (Å²) in [6, 6.07) is 8.04. The third kappa shape index (κ3) is 3.58. The number of amides is 1. The minimum Gasteiger partial charge on any atom is -0.492 e. The van der Waals surface area contributed by atoms with Crippen molar-refractivity contribution in [2.24, 2.45) is 0 Å². The van der Waals surface area contributed by atoms with E-state index in [1.807, 2.05) is 23.1 Å². The second kappa shape index (κ2) is 7.10. The molecule has 0 unspecified atom stereocenters. The first-order chi connectivity index (χ1) is 12.3. The molecule has 8 nitrogen and oxygen atoms in total. The average molecular weight is 342 g/mol. The molecule has 2 aromatic rings. The van der Waals surface area contributed by atoms with Crippen molar-refractivity contribution in [3.05, 3.63) is 36.2 Å². The summed E-state index contributed by atoms with van der Waals surface area (Å²) < 4.78 is 5.77. The zero-order valence-electron chi connectivity index (χ0n) is 14.1. The van der Waals surface area contributed by atoms with Crippen LogP contribution in [0.1, 0.15) is 5.56 Å². The van der Waals surface area contributed by atoms with Crippen LogP contribution < -0.4 is 9.64 Å². The van der Waals surface area contributed by atoms with Gasteiger partial charge in [-0.25, -0.2) is 5.10 Å². The number of aromatic amines is 1. The largest absolute Gasteiger partial charge is 0.492 e. The van der Waals surface area contributed by atoms with Gasteiger partial charge in [0.1, 0.15) is 18.7 Å². The van der Waals surface area contributed by atoms with Gasteiger partial charge >= 0.3 is 0 Å². The molecule has 0 bridgehead atoms. The maximum absolute atomic E-state index is 12.7. The maximum atomic E-state index is 12.7. The number of nitrogens with one attached hydrogen (secondary N) is 1. The highest BCUT2D eigenvalue weighted by molar-refractivity contribution is 5.78. The van der Waals surface area contributed by atoms with Gasteiger partial charge in [-0.1, -0.05) is 18.2 Å². The first-order valence-electron chi connectivity index (χ1n) is 8.61. The molecule has 8 heteroatoms. The van der Waals surface area contributed by atoms with E-state index in [9.17, 15) is 4.79 Å². The van der Waals surface area contributed by atoms with Crippen LogP contribution >= 0.6 is 0 Å². The quantitative estimate of drug-likeness (QED) is 0.867. The van der Waals surface area contributed by atoms with Gasteiger partial charge in [0.15, 0.2) is 0 Å². The van der Waals surface area contributed by atoms with Gasteiger partial charge in [0, 0.05) is 44.8 Å². The van der Waals surface area contributed by atoms with Gasteiger partial charge in [0.25, 0.3) is 0 Å². The van der Waals surface area contributed by atoms with Crippen LogP contribution in [0.25, 0.3) is 0 Å². The van der Waals surface area contributed by atoms with Gasteiger partial charge in [0.2, 0.25) is 11.9 Å². The van der Waals surface area contributed by atoms with E-state index >= 15 is 0 Å². The summed E-state index contributed by atoms with van der Waals surface area (Å²) in [5.41, 5.74) is 1.14. The molecular weight excluding hydrogens is 320 g/mol. The second-order valence-corrected chi connectivity index (χ2v) is 6.34. The minimum atomic E-state index is 0.177. The number of H-pyrrole nitrogens is 1. The molecule has 1 N–H and O–H groups in total. The highest BCUT2D eigenvalue weighted by Gasteiger charge is 2.25. The van der Waals surface area contributed by atoms with Crippen molar-refractivity contribution < 1.29 is 9.53 Å². The number of nitrogens with zero attached hydrogens (tertiary/aromatic N) is 5. The summed E-state index contributed by atoms with van der Waals surface area (Å²) in [5.74, 6) is 1.88. The van der Waals surface area contributed by atoms with E-state index in [1.54, 1.807) is 0 Å². The lowest BCUT2D eigenvalue weighted by Crippen LogP contribution is -2.51. The Morgan fingerprint density at radius 2 is 2.00 bits per heavy atom. The highest BCUT2D eigenvalue weighted by Crippen LogP contribution is 2.22. The minimum absolute atomic E-state index is 0.177. The van der Waals surface area contributed by atoms with Gasteiger partial charge in [-0.2, -0.15) is 10.1 Å². The lowest BCUT2D eigenvalue weighted by Gasteiger charge is -2.35. The summed E-state index contributed by atoms with van der Waals surface area (Å²) in [6.45, 7) is 5.52. The van der Waals surface area contributed by atoms with Gasteiger partial charge in [0.05, 0.1) is 6.54 Å². The number of aromatic nitrogens is 3. The molecule has 0 spiro atoms. The topological polar surface area (TPSA) is 77.6 Å². The van der Waals surface area contributed by atoms with Gasteiger partial charge in [-0.05, 0) is 6.07 Å². The standard InChI is InChI=1S/C17H22N6O2/c24-16(22-5-7-23(8-6-22)17-18-13-19-20-17)12-21-9-10-25-15-4-2-1-3-14(15)11-21/h1-4,13H,5-12H2,(H,18,19,20). The monoisotopic (exact) mass is 342 g/mol. The number of hydrogen-bond acceptors (Lipinski definition) is 6. The first kappa shape index (κ1) is 15.9. The molecule has 1 aromatic heterocycles. The Balaban J connectivity index is 1.32. The number of ether oxygens (including phenoxy) is 1. The number of para-hydroxylation sites is 1. The molecule has 3 heterocycles. The zero-order valence-corrected chi connectivity index (χ0v) is 14.1. The predicted octanol–water partition coefficient (Wildman–Crippen LogP) is 0.348. The Morgan fingerprint density at radius 1 is 1.16 bits per heavy atom. The lowest BCUT2D eigenvalue weighted by molar-refractivity contribution is -0.132. The molecule has 0 atom stereocenters. The molecule has 1 amide bonds. The van der Waals surface area contributed by atoms with E-state index < -0.39 is 0 Å². The zero-order chi connectivity index (χ0) is 17.1. The number of piperazine rings is 1. The predicted molar refractivity (Wildman–Crippen MR) is 92.4 cm³/mol. The third-order valence-electron chi connectivity index (χ3n) is 4.72. The molecular formula is C17H22N6O2. The lowest BCUT2D eigenvalue weighted by atomic mass is 10.2. The van der Waals surface area contributed by atoms with E-state index in [-0.39, 0.29) is 5.91 Å². The van der Waals surface area contributed by atoms with Gasteiger partial charge in [-0.15, -0.1) is 0 Å². The van der Waals surface area contributed by atoms with E-state index in [0.717, 1.165) is 43.4 Å². The maximum Gasteiger partial charge on any atom is 0.236 e. The van der Waals surface area contributed by atoms with E-state index in [4.69, 9.17) is 4.74 Å². The number of carbonyl (C=O) groups excluding carboxylic acids is 1. The molecule has 4 rings (SSSR count). The van der Waals surface area contributed by atoms with Crippen molar-refractivity contribution in [3.8, 4) is 5.75 Å². The Kier molecular flexibility index (Phi) is 4.51. The number of carbonyl (C=O) groups is 1. The molecule has 25 heavy (non-hydrogen) atoms. The number of fused-ring (bicyclic) bond motifs is 1. The van der Waals surface area contributed by atoms with Crippen LogP contribution in [0.4, 0.5) is 5.95 Å². The number of benzene rings is 1. The Labute approximate surface area is 146 Å². The van der Waals surface area contributed by atoms with Gasteiger partial charge < -0.3 is 14.5 Å². The Morgan fingerprint density at radius 3 is 2.80 bits per heavy atom. The smallest absolute Gasteiger partial charge is 0.236 e. The van der Waals surface area contributed by atoms with Crippen molar-refractivity contribution >= 4 is 11.9 Å². The summed E-state index contributed by atoms with van der Waals surface area (Å²) in [7, 11) is 0. The molecule has 132 valence electrons. The summed E-state index contributed by atoms with van der Waals surface area (Å²) >= 11 is 0. The molecule has 1 fully saturated rings. The molecule has 1 aromatic carbocycles. The fourth-order valence-corrected chi connectivity index (χ4v) is 3.33. The first-order valence-corrected chi connectivity index (χ1v) is 8.61. The average Bonchev–Trinajstić information content (AvgIpc) is 3.10. The SMILES string of the molecule is O=C(CN1CCOc2ccccc2C1)N1CCN(c2ncn[nH]2)CC1. The second-order valence-electron chi connectivity index (χ2n) is 6.34. The van der Waals surface area contributed by atoms with Crippen molar-refractivity contribution in [1.29, 1.82) is 0 Å². The van der Waals surface area contributed by atoms with Crippen LogP contribution in [0.15, 0.2) is 30.6 Å². The third-order valence-corrected chi connectivity index (χ3v) is 4.72. The molecule has 0 saturated carbocycles. The fourth-order valence-electron chi connectivity index (χ4n) is 3.33. The highest BCUT2D eigenvalue weighted by atomic mass is 16.5. The van der Waals surface area contributed by atoms with Crippen molar-refractivity contribution in [2.75, 3.05) is 50.8 Å². The molecule has 1 saturated heterocycles. The molecule has 2 aliphatic rings. The number of anilines is 1. The summed E-state index contributed by atoms with van der Waals surface area (Å²) in [4.78, 5) is 23.1. The van der Waals surface area contributed by atoms with Crippen molar-refractivity contribution in [3.63, 3.8) is 0 Å². The van der Waals surface area contributed by atoms with Crippen LogP contribution in [-0.2, 0) is 11.3 Å².